The summed E-state index contributed by atoms with van der Waals surface area (Å²) in [6, 6.07) is 11.9. The zero-order chi connectivity index (χ0) is 17.6. The molecule has 1 aliphatic heterocycles. The first-order valence-electron chi connectivity index (χ1n) is 8.50. The fourth-order valence-corrected chi connectivity index (χ4v) is 3.02. The Kier molecular flexibility index (Phi) is 5.91. The first-order valence-corrected chi connectivity index (χ1v) is 8.50. The maximum atomic E-state index is 10.4. The summed E-state index contributed by atoms with van der Waals surface area (Å²) in [5, 5.41) is 13.8. The Labute approximate surface area is 148 Å². The molecule has 5 nitrogen and oxygen atoms in total. The van der Waals surface area contributed by atoms with Gasteiger partial charge in [0.05, 0.1) is 33.5 Å². The maximum absolute atomic E-state index is 10.4. The molecular formula is C20H25NO4. The summed E-state index contributed by atoms with van der Waals surface area (Å²) >= 11 is 0. The maximum Gasteiger partial charge on any atom is 0.122 e. The molecule has 0 aliphatic carbocycles. The molecule has 1 unspecified atom stereocenters. The fourth-order valence-electron chi connectivity index (χ4n) is 3.02. The van der Waals surface area contributed by atoms with Crippen LogP contribution in [0.3, 0.4) is 0 Å². The quantitative estimate of drug-likeness (QED) is 0.809. The van der Waals surface area contributed by atoms with Gasteiger partial charge < -0.3 is 24.6 Å². The van der Waals surface area contributed by atoms with Crippen molar-refractivity contribution in [2.24, 2.45) is 0 Å². The van der Waals surface area contributed by atoms with Crippen LogP contribution in [0.15, 0.2) is 36.4 Å². The lowest BCUT2D eigenvalue weighted by Gasteiger charge is -2.18. The predicted molar refractivity (Wildman–Crippen MR) is 96.0 cm³/mol. The molecule has 2 aromatic rings. The standard InChI is InChI=1S/C20H25NO4/c1-23-18-8-17(9-19(10-18)24-2)20(22)12-21-11-14-3-4-16-13-25-6-5-15(16)7-14/h3-4,7-10,20-22H,5-6,11-13H2,1-2H3. The summed E-state index contributed by atoms with van der Waals surface area (Å²) < 4.78 is 16.0. The number of methoxy groups -OCH3 is 2. The molecule has 25 heavy (non-hydrogen) atoms. The van der Waals surface area contributed by atoms with Crippen LogP contribution in [-0.2, 0) is 24.3 Å². The van der Waals surface area contributed by atoms with Crippen LogP contribution < -0.4 is 14.8 Å². The third kappa shape index (κ3) is 4.51. The molecule has 134 valence electrons. The molecule has 0 fully saturated rings. The molecule has 0 aromatic heterocycles. The molecule has 0 saturated carbocycles. The van der Waals surface area contributed by atoms with E-state index in [-0.39, 0.29) is 0 Å². The number of nitrogens with one attached hydrogen (secondary N) is 1. The first kappa shape index (κ1) is 17.7. The van der Waals surface area contributed by atoms with E-state index in [2.05, 4.69) is 23.5 Å². The molecule has 0 amide bonds. The minimum absolute atomic E-state index is 0.455. The van der Waals surface area contributed by atoms with Gasteiger partial charge in [0.1, 0.15) is 11.5 Å². The van der Waals surface area contributed by atoms with E-state index < -0.39 is 6.10 Å². The van der Waals surface area contributed by atoms with Crippen LogP contribution in [0.25, 0.3) is 0 Å². The van der Waals surface area contributed by atoms with Gasteiger partial charge in [-0.05, 0) is 40.8 Å². The van der Waals surface area contributed by atoms with Crippen molar-refractivity contribution in [1.82, 2.24) is 5.32 Å². The summed E-state index contributed by atoms with van der Waals surface area (Å²) in [5.74, 6) is 1.34. The van der Waals surface area contributed by atoms with Crippen molar-refractivity contribution in [2.75, 3.05) is 27.4 Å². The predicted octanol–water partition coefficient (Wildman–Crippen LogP) is 2.60. The zero-order valence-electron chi connectivity index (χ0n) is 14.7. The molecule has 3 rings (SSSR count). The number of aliphatic hydroxyl groups is 1. The van der Waals surface area contributed by atoms with Crippen molar-refractivity contribution in [2.45, 2.75) is 25.7 Å². The van der Waals surface area contributed by atoms with Crippen molar-refractivity contribution in [3.8, 4) is 11.5 Å². The summed E-state index contributed by atoms with van der Waals surface area (Å²) in [6.07, 6.45) is 0.338. The Morgan fingerprint density at radius 3 is 2.56 bits per heavy atom. The number of fused-ring (bicyclic) bond motifs is 1. The van der Waals surface area contributed by atoms with Crippen molar-refractivity contribution in [3.05, 3.63) is 58.7 Å². The van der Waals surface area contributed by atoms with Crippen LogP contribution in [0.5, 0.6) is 11.5 Å². The SMILES string of the molecule is COc1cc(OC)cc(C(O)CNCc2ccc3c(c2)CCOC3)c1. The second-order valence-electron chi connectivity index (χ2n) is 6.20. The molecule has 1 aliphatic rings. The molecular weight excluding hydrogens is 318 g/mol. The summed E-state index contributed by atoms with van der Waals surface area (Å²) in [6.45, 7) is 2.67. The molecule has 1 heterocycles. The van der Waals surface area contributed by atoms with Gasteiger partial charge >= 0.3 is 0 Å². The van der Waals surface area contributed by atoms with Crippen molar-refractivity contribution < 1.29 is 19.3 Å². The van der Waals surface area contributed by atoms with Gasteiger partial charge in [-0.3, -0.25) is 0 Å². The highest BCUT2D eigenvalue weighted by Crippen LogP contribution is 2.26. The van der Waals surface area contributed by atoms with Crippen molar-refractivity contribution in [3.63, 3.8) is 0 Å². The lowest BCUT2D eigenvalue weighted by atomic mass is 10.0. The Hall–Kier alpha value is -2.08. The molecule has 0 bridgehead atoms. The first-order chi connectivity index (χ1) is 12.2. The lowest BCUT2D eigenvalue weighted by Crippen LogP contribution is -2.21. The third-order valence-corrected chi connectivity index (χ3v) is 4.47. The van der Waals surface area contributed by atoms with Crippen LogP contribution in [0.2, 0.25) is 0 Å². The van der Waals surface area contributed by atoms with Crippen LogP contribution in [0.1, 0.15) is 28.4 Å². The number of rotatable bonds is 7. The minimum Gasteiger partial charge on any atom is -0.497 e. The largest absolute Gasteiger partial charge is 0.497 e. The monoisotopic (exact) mass is 343 g/mol. The highest BCUT2D eigenvalue weighted by Gasteiger charge is 2.12. The van der Waals surface area contributed by atoms with Gasteiger partial charge in [-0.15, -0.1) is 0 Å². The third-order valence-electron chi connectivity index (χ3n) is 4.47. The Bertz CT molecular complexity index is 695. The van der Waals surface area contributed by atoms with Gasteiger partial charge in [-0.2, -0.15) is 0 Å². The normalized spacial score (nSPS) is 14.7. The van der Waals surface area contributed by atoms with Gasteiger partial charge in [-0.1, -0.05) is 18.2 Å². The van der Waals surface area contributed by atoms with Crippen LogP contribution in [-0.4, -0.2) is 32.5 Å². The molecule has 2 aromatic carbocycles. The van der Waals surface area contributed by atoms with Crippen LogP contribution >= 0.6 is 0 Å². The van der Waals surface area contributed by atoms with Gasteiger partial charge in [0.2, 0.25) is 0 Å². The Balaban J connectivity index is 1.58. The van der Waals surface area contributed by atoms with Gasteiger partial charge in [0.15, 0.2) is 0 Å². The van der Waals surface area contributed by atoms with Crippen molar-refractivity contribution in [1.29, 1.82) is 0 Å². The zero-order valence-corrected chi connectivity index (χ0v) is 14.7. The van der Waals surface area contributed by atoms with Crippen LogP contribution in [0.4, 0.5) is 0 Å². The van der Waals surface area contributed by atoms with E-state index in [4.69, 9.17) is 14.2 Å². The summed E-state index contributed by atoms with van der Waals surface area (Å²) in [4.78, 5) is 0. The number of aliphatic hydroxyl groups excluding tert-OH is 1. The summed E-state index contributed by atoms with van der Waals surface area (Å²) in [5.41, 5.74) is 4.63. The van der Waals surface area contributed by atoms with E-state index in [0.717, 1.165) is 18.6 Å². The highest BCUT2D eigenvalue weighted by atomic mass is 16.5. The molecule has 0 radical (unpaired) electrons. The van der Waals surface area contributed by atoms with E-state index in [1.807, 2.05) is 12.1 Å². The molecule has 2 N–H and O–H groups in total. The number of benzene rings is 2. The Morgan fingerprint density at radius 1 is 1.08 bits per heavy atom. The average Bonchev–Trinajstić information content (AvgIpc) is 2.67. The topological polar surface area (TPSA) is 60.0 Å². The second kappa shape index (κ2) is 8.34. The molecule has 5 heteroatoms. The lowest BCUT2D eigenvalue weighted by molar-refractivity contribution is 0.110. The van der Waals surface area contributed by atoms with E-state index in [1.54, 1.807) is 20.3 Å². The van der Waals surface area contributed by atoms with E-state index in [1.165, 1.54) is 16.7 Å². The van der Waals surface area contributed by atoms with E-state index in [0.29, 0.717) is 31.2 Å². The van der Waals surface area contributed by atoms with Gasteiger partial charge in [-0.25, -0.2) is 0 Å². The number of ether oxygens (including phenoxy) is 3. The average molecular weight is 343 g/mol. The number of hydrogen-bond acceptors (Lipinski definition) is 5. The molecule has 1 atom stereocenters. The van der Waals surface area contributed by atoms with Gasteiger partial charge in [0.25, 0.3) is 0 Å². The minimum atomic E-state index is -0.630. The second-order valence-corrected chi connectivity index (χ2v) is 6.20. The van der Waals surface area contributed by atoms with Gasteiger partial charge in [0, 0.05) is 19.2 Å². The molecule has 0 saturated heterocycles. The summed E-state index contributed by atoms with van der Waals surface area (Å²) in [7, 11) is 3.20. The van der Waals surface area contributed by atoms with E-state index >= 15 is 0 Å². The Morgan fingerprint density at radius 2 is 1.84 bits per heavy atom. The fraction of sp³-hybridized carbons (Fsp3) is 0.400. The van der Waals surface area contributed by atoms with Crippen LogP contribution in [0, 0.1) is 0 Å². The highest BCUT2D eigenvalue weighted by molar-refractivity contribution is 5.39. The number of hydrogen-bond donors (Lipinski definition) is 2. The van der Waals surface area contributed by atoms with Crippen molar-refractivity contribution >= 4 is 0 Å². The molecule has 0 spiro atoms. The smallest absolute Gasteiger partial charge is 0.122 e. The van der Waals surface area contributed by atoms with E-state index in [9.17, 15) is 5.11 Å².